The molecule has 2 unspecified atom stereocenters. The van der Waals surface area contributed by atoms with E-state index in [1.807, 2.05) is 0 Å². The van der Waals surface area contributed by atoms with E-state index in [1.165, 1.54) is 12.1 Å². The molecule has 1 aliphatic heterocycles. The number of hydrogen-bond donors (Lipinski definition) is 0. The van der Waals surface area contributed by atoms with Crippen molar-refractivity contribution in [1.82, 2.24) is 0 Å². The van der Waals surface area contributed by atoms with Crippen molar-refractivity contribution in [3.63, 3.8) is 0 Å². The molecule has 1 heterocycles. The van der Waals surface area contributed by atoms with Crippen molar-refractivity contribution in [2.75, 3.05) is 13.7 Å². The Morgan fingerprint density at radius 3 is 3.27 bits per heavy atom. The molecule has 3 heteroatoms. The Labute approximate surface area is 66.4 Å². The van der Waals surface area contributed by atoms with Crippen molar-refractivity contribution in [2.24, 2.45) is 11.1 Å². The van der Waals surface area contributed by atoms with E-state index in [0.29, 0.717) is 12.0 Å². The molecule has 0 aromatic carbocycles. The van der Waals surface area contributed by atoms with Crippen LogP contribution < -0.4 is 0 Å². The van der Waals surface area contributed by atoms with Crippen molar-refractivity contribution < 1.29 is 9.57 Å². The highest BCUT2D eigenvalue weighted by Crippen LogP contribution is 2.27. The summed E-state index contributed by atoms with van der Waals surface area (Å²) in [6.45, 7) is 0.797. The largest absolute Gasteiger partial charge is 0.395 e. The van der Waals surface area contributed by atoms with Gasteiger partial charge in [0.1, 0.15) is 6.61 Å². The van der Waals surface area contributed by atoms with Gasteiger partial charge in [-0.25, -0.2) is 0 Å². The molecule has 0 bridgehead atoms. The van der Waals surface area contributed by atoms with Gasteiger partial charge in [-0.05, 0) is 12.8 Å². The molecule has 2 rings (SSSR count). The molecule has 1 saturated carbocycles. The molecule has 11 heavy (non-hydrogen) atoms. The topological polar surface area (TPSA) is 30.8 Å². The first-order valence-corrected chi connectivity index (χ1v) is 4.11. The van der Waals surface area contributed by atoms with Gasteiger partial charge in [-0.1, -0.05) is 5.16 Å². The van der Waals surface area contributed by atoms with Crippen molar-refractivity contribution in [3.05, 3.63) is 0 Å². The first-order chi connectivity index (χ1) is 5.40. The zero-order valence-corrected chi connectivity index (χ0v) is 6.75. The summed E-state index contributed by atoms with van der Waals surface area (Å²) in [5.74, 6) is 0.599. The molecule has 2 aliphatic rings. The van der Waals surface area contributed by atoms with Gasteiger partial charge in [-0.3, -0.25) is 0 Å². The quantitative estimate of drug-likeness (QED) is 0.569. The first kappa shape index (κ1) is 7.10. The standard InChI is InChI=1S/C8H13NO2/c1-10-7-3-2-6-5-11-9-8(6)4-7/h6-7H,2-5H2,1H3. The SMILES string of the molecule is COC1CCC2CON=C2C1. The molecule has 0 saturated heterocycles. The summed E-state index contributed by atoms with van der Waals surface area (Å²) in [5.41, 5.74) is 1.21. The third-order valence-electron chi connectivity index (χ3n) is 2.54. The van der Waals surface area contributed by atoms with E-state index in [0.717, 1.165) is 19.4 Å². The van der Waals surface area contributed by atoms with Crippen LogP contribution in [0.1, 0.15) is 19.3 Å². The summed E-state index contributed by atoms with van der Waals surface area (Å²) < 4.78 is 5.26. The molecule has 0 N–H and O–H groups in total. The molecule has 62 valence electrons. The second-order valence-electron chi connectivity index (χ2n) is 3.21. The summed E-state index contributed by atoms with van der Waals surface area (Å²) in [7, 11) is 1.77. The average Bonchev–Trinajstić information content (AvgIpc) is 2.50. The van der Waals surface area contributed by atoms with Crippen LogP contribution in [0.3, 0.4) is 0 Å². The van der Waals surface area contributed by atoms with Gasteiger partial charge in [0, 0.05) is 19.4 Å². The van der Waals surface area contributed by atoms with Crippen LogP contribution in [0.4, 0.5) is 0 Å². The van der Waals surface area contributed by atoms with E-state index in [9.17, 15) is 0 Å². The highest BCUT2D eigenvalue weighted by atomic mass is 16.6. The van der Waals surface area contributed by atoms with Crippen molar-refractivity contribution in [3.8, 4) is 0 Å². The van der Waals surface area contributed by atoms with E-state index < -0.39 is 0 Å². The highest BCUT2D eigenvalue weighted by molar-refractivity contribution is 5.88. The summed E-state index contributed by atoms with van der Waals surface area (Å²) in [6.07, 6.45) is 3.69. The van der Waals surface area contributed by atoms with Gasteiger partial charge in [0.25, 0.3) is 0 Å². The Morgan fingerprint density at radius 1 is 1.55 bits per heavy atom. The fraction of sp³-hybridized carbons (Fsp3) is 0.875. The molecule has 0 radical (unpaired) electrons. The number of nitrogens with zero attached hydrogens (tertiary/aromatic N) is 1. The molecule has 0 spiro atoms. The molecule has 2 atom stereocenters. The minimum Gasteiger partial charge on any atom is -0.395 e. The van der Waals surface area contributed by atoms with Crippen LogP contribution >= 0.6 is 0 Å². The monoisotopic (exact) mass is 155 g/mol. The zero-order chi connectivity index (χ0) is 7.68. The van der Waals surface area contributed by atoms with Crippen LogP contribution in [0, 0.1) is 5.92 Å². The van der Waals surface area contributed by atoms with Crippen molar-refractivity contribution in [1.29, 1.82) is 0 Å². The van der Waals surface area contributed by atoms with E-state index in [2.05, 4.69) is 5.16 Å². The number of methoxy groups -OCH3 is 1. The predicted octanol–water partition coefficient (Wildman–Crippen LogP) is 1.19. The molecule has 3 nitrogen and oxygen atoms in total. The molecule has 0 aromatic heterocycles. The number of fused-ring (bicyclic) bond motifs is 1. The molecule has 1 aliphatic carbocycles. The Balaban J connectivity index is 2.00. The smallest absolute Gasteiger partial charge is 0.125 e. The second-order valence-corrected chi connectivity index (χ2v) is 3.21. The Bertz CT molecular complexity index is 179. The molecule has 0 aromatic rings. The maximum Gasteiger partial charge on any atom is 0.125 e. The Hall–Kier alpha value is -0.570. The second kappa shape index (κ2) is 2.81. The van der Waals surface area contributed by atoms with Gasteiger partial charge >= 0.3 is 0 Å². The predicted molar refractivity (Wildman–Crippen MR) is 41.5 cm³/mol. The van der Waals surface area contributed by atoms with Crippen LogP contribution in [0.15, 0.2) is 5.16 Å². The van der Waals surface area contributed by atoms with Gasteiger partial charge in [-0.2, -0.15) is 0 Å². The van der Waals surface area contributed by atoms with Crippen LogP contribution in [-0.4, -0.2) is 25.5 Å². The van der Waals surface area contributed by atoms with Gasteiger partial charge < -0.3 is 9.57 Å². The molecular weight excluding hydrogens is 142 g/mol. The Kier molecular flexibility index (Phi) is 1.82. The lowest BCUT2D eigenvalue weighted by molar-refractivity contribution is 0.0860. The van der Waals surface area contributed by atoms with Gasteiger partial charge in [-0.15, -0.1) is 0 Å². The van der Waals surface area contributed by atoms with Gasteiger partial charge in [0.15, 0.2) is 0 Å². The van der Waals surface area contributed by atoms with Crippen molar-refractivity contribution >= 4 is 5.71 Å². The normalized spacial score (nSPS) is 35.9. The summed E-state index contributed by atoms with van der Waals surface area (Å²) in [5, 5.41) is 3.99. The molecular formula is C8H13NO2. The van der Waals surface area contributed by atoms with Crippen LogP contribution in [0.2, 0.25) is 0 Å². The van der Waals surface area contributed by atoms with Gasteiger partial charge in [0.2, 0.25) is 0 Å². The maximum absolute atomic E-state index is 5.26. The number of oxime groups is 1. The number of ether oxygens (including phenoxy) is 1. The third kappa shape index (κ3) is 1.25. The Morgan fingerprint density at radius 2 is 2.45 bits per heavy atom. The summed E-state index contributed by atoms with van der Waals surface area (Å²) >= 11 is 0. The molecule has 0 amide bonds. The van der Waals surface area contributed by atoms with E-state index in [4.69, 9.17) is 9.57 Å². The third-order valence-corrected chi connectivity index (χ3v) is 2.54. The summed E-state index contributed by atoms with van der Waals surface area (Å²) in [6, 6.07) is 0. The average molecular weight is 155 g/mol. The lowest BCUT2D eigenvalue weighted by atomic mass is 9.86. The first-order valence-electron chi connectivity index (χ1n) is 4.11. The zero-order valence-electron chi connectivity index (χ0n) is 6.75. The van der Waals surface area contributed by atoms with Gasteiger partial charge in [0.05, 0.1) is 11.8 Å². The summed E-state index contributed by atoms with van der Waals surface area (Å²) in [4.78, 5) is 5.02. The minimum absolute atomic E-state index is 0.381. The van der Waals surface area contributed by atoms with E-state index >= 15 is 0 Å². The van der Waals surface area contributed by atoms with Crippen LogP contribution in [0.25, 0.3) is 0 Å². The van der Waals surface area contributed by atoms with Crippen LogP contribution in [-0.2, 0) is 9.57 Å². The lowest BCUT2D eigenvalue weighted by Crippen LogP contribution is -2.28. The highest BCUT2D eigenvalue weighted by Gasteiger charge is 2.30. The number of rotatable bonds is 1. The van der Waals surface area contributed by atoms with E-state index in [-0.39, 0.29) is 0 Å². The van der Waals surface area contributed by atoms with Crippen molar-refractivity contribution in [2.45, 2.75) is 25.4 Å². The van der Waals surface area contributed by atoms with E-state index in [1.54, 1.807) is 7.11 Å². The fourth-order valence-electron chi connectivity index (χ4n) is 1.76. The minimum atomic E-state index is 0.381. The molecule has 1 fully saturated rings. The lowest BCUT2D eigenvalue weighted by Gasteiger charge is -2.23. The maximum atomic E-state index is 5.26. The van der Waals surface area contributed by atoms with Crippen LogP contribution in [0.5, 0.6) is 0 Å². The number of hydrogen-bond acceptors (Lipinski definition) is 3. The fourth-order valence-corrected chi connectivity index (χ4v) is 1.76.